The number of rotatable bonds is 5. The summed E-state index contributed by atoms with van der Waals surface area (Å²) in [5.41, 5.74) is 0. The van der Waals surface area contributed by atoms with Crippen molar-refractivity contribution in [2.75, 3.05) is 5.88 Å². The zero-order chi connectivity index (χ0) is 8.85. The monoisotopic (exact) mass is 178 g/mol. The van der Waals surface area contributed by atoms with E-state index in [1.54, 1.807) is 0 Å². The number of Topliss-reactive ketones (excluding diaryl/α,β-unsaturated/α-hetero) is 1. The van der Waals surface area contributed by atoms with Gasteiger partial charge in [-0.25, -0.2) is 0 Å². The molecule has 0 aromatic heterocycles. The van der Waals surface area contributed by atoms with E-state index < -0.39 is 11.9 Å². The lowest BCUT2D eigenvalue weighted by atomic mass is 9.98. The number of halogens is 1. The lowest BCUT2D eigenvalue weighted by Crippen LogP contribution is -2.16. The SMILES string of the molecule is CC(=O)C(CCCl)CC(=O)O. The van der Waals surface area contributed by atoms with Gasteiger partial charge in [-0.15, -0.1) is 11.6 Å². The predicted octanol–water partition coefficient (Wildman–Crippen LogP) is 1.30. The van der Waals surface area contributed by atoms with Crippen molar-refractivity contribution in [2.24, 2.45) is 5.92 Å². The van der Waals surface area contributed by atoms with Crippen LogP contribution in [0.1, 0.15) is 19.8 Å². The molecule has 0 spiro atoms. The largest absolute Gasteiger partial charge is 0.481 e. The second-order valence-electron chi connectivity index (χ2n) is 2.38. The Bertz CT molecular complexity index is 156. The summed E-state index contributed by atoms with van der Waals surface area (Å²) >= 11 is 5.38. The van der Waals surface area contributed by atoms with Gasteiger partial charge in [0.15, 0.2) is 0 Å². The lowest BCUT2D eigenvalue weighted by Gasteiger charge is -2.07. The normalized spacial score (nSPS) is 12.5. The van der Waals surface area contributed by atoms with E-state index in [0.717, 1.165) is 0 Å². The van der Waals surface area contributed by atoms with Gasteiger partial charge in [-0.3, -0.25) is 9.59 Å². The minimum atomic E-state index is -0.949. The van der Waals surface area contributed by atoms with Crippen molar-refractivity contribution in [3.05, 3.63) is 0 Å². The molecule has 1 atom stereocenters. The fourth-order valence-electron chi connectivity index (χ4n) is 0.792. The molecule has 3 nitrogen and oxygen atoms in total. The molecule has 0 aliphatic rings. The number of carboxylic acid groups (broad SMARTS) is 1. The maximum Gasteiger partial charge on any atom is 0.304 e. The van der Waals surface area contributed by atoms with Crippen molar-refractivity contribution in [3.63, 3.8) is 0 Å². The molecule has 0 aliphatic heterocycles. The number of aliphatic carboxylic acids is 1. The highest BCUT2D eigenvalue weighted by atomic mass is 35.5. The van der Waals surface area contributed by atoms with Crippen molar-refractivity contribution in [1.82, 2.24) is 0 Å². The van der Waals surface area contributed by atoms with E-state index in [2.05, 4.69) is 0 Å². The molecule has 0 amide bonds. The first-order valence-corrected chi connectivity index (χ1v) is 3.89. The van der Waals surface area contributed by atoms with Gasteiger partial charge in [0, 0.05) is 11.8 Å². The molecule has 1 unspecified atom stereocenters. The van der Waals surface area contributed by atoms with Gasteiger partial charge < -0.3 is 5.11 Å². The van der Waals surface area contributed by atoms with E-state index >= 15 is 0 Å². The Hall–Kier alpha value is -0.570. The highest BCUT2D eigenvalue weighted by molar-refractivity contribution is 6.18. The van der Waals surface area contributed by atoms with Crippen LogP contribution < -0.4 is 0 Å². The molecule has 0 radical (unpaired) electrons. The molecule has 0 fully saturated rings. The Morgan fingerprint density at radius 2 is 2.09 bits per heavy atom. The number of carbonyl (C=O) groups is 2. The first-order valence-electron chi connectivity index (χ1n) is 3.36. The number of ketones is 1. The molecule has 0 heterocycles. The quantitative estimate of drug-likeness (QED) is 0.646. The second kappa shape index (κ2) is 5.13. The fraction of sp³-hybridized carbons (Fsp3) is 0.714. The Kier molecular flexibility index (Phi) is 4.86. The summed E-state index contributed by atoms with van der Waals surface area (Å²) < 4.78 is 0. The molecule has 0 aromatic carbocycles. The number of hydrogen-bond donors (Lipinski definition) is 1. The standard InChI is InChI=1S/C7H11ClO3/c1-5(9)6(2-3-8)4-7(10)11/h6H,2-4H2,1H3,(H,10,11). The van der Waals surface area contributed by atoms with Gasteiger partial charge in [0.2, 0.25) is 0 Å². The van der Waals surface area contributed by atoms with Crippen LogP contribution >= 0.6 is 11.6 Å². The van der Waals surface area contributed by atoms with Crippen LogP contribution in [0.15, 0.2) is 0 Å². The van der Waals surface area contributed by atoms with Gasteiger partial charge in [0.05, 0.1) is 6.42 Å². The van der Waals surface area contributed by atoms with E-state index in [1.807, 2.05) is 0 Å². The number of carboxylic acids is 1. The van der Waals surface area contributed by atoms with Gasteiger partial charge in [-0.2, -0.15) is 0 Å². The van der Waals surface area contributed by atoms with E-state index in [-0.39, 0.29) is 12.2 Å². The topological polar surface area (TPSA) is 54.4 Å². The number of alkyl halides is 1. The third-order valence-electron chi connectivity index (χ3n) is 1.45. The van der Waals surface area contributed by atoms with Gasteiger partial charge in [-0.1, -0.05) is 0 Å². The summed E-state index contributed by atoms with van der Waals surface area (Å²) in [6.07, 6.45) is 0.339. The fourth-order valence-corrected chi connectivity index (χ4v) is 1.05. The van der Waals surface area contributed by atoms with Crippen LogP contribution in [0.5, 0.6) is 0 Å². The third-order valence-corrected chi connectivity index (χ3v) is 1.67. The molecule has 0 aliphatic carbocycles. The van der Waals surface area contributed by atoms with E-state index in [1.165, 1.54) is 6.92 Å². The maximum absolute atomic E-state index is 10.7. The summed E-state index contributed by atoms with van der Waals surface area (Å²) in [5, 5.41) is 8.36. The zero-order valence-electron chi connectivity index (χ0n) is 6.34. The molecule has 11 heavy (non-hydrogen) atoms. The highest BCUT2D eigenvalue weighted by Crippen LogP contribution is 2.10. The van der Waals surface area contributed by atoms with Crippen LogP contribution in [0.3, 0.4) is 0 Å². The summed E-state index contributed by atoms with van der Waals surface area (Å²) in [4.78, 5) is 20.9. The van der Waals surface area contributed by atoms with Gasteiger partial charge in [-0.05, 0) is 13.3 Å². The molecule has 0 saturated heterocycles. The summed E-state index contributed by atoms with van der Waals surface area (Å²) in [6.45, 7) is 1.39. The van der Waals surface area contributed by atoms with Crippen molar-refractivity contribution in [1.29, 1.82) is 0 Å². The van der Waals surface area contributed by atoms with Gasteiger partial charge in [0.25, 0.3) is 0 Å². The molecular formula is C7H11ClO3. The lowest BCUT2D eigenvalue weighted by molar-refractivity contribution is -0.140. The predicted molar refractivity (Wildman–Crippen MR) is 41.8 cm³/mol. The summed E-state index contributed by atoms with van der Waals surface area (Å²) in [6, 6.07) is 0. The van der Waals surface area contributed by atoms with Crippen molar-refractivity contribution in [2.45, 2.75) is 19.8 Å². The average Bonchev–Trinajstić information content (AvgIpc) is 1.86. The van der Waals surface area contributed by atoms with Crippen LogP contribution in [0.25, 0.3) is 0 Å². The molecule has 0 saturated carbocycles. The molecule has 0 aromatic rings. The van der Waals surface area contributed by atoms with Crippen LogP contribution in [0, 0.1) is 5.92 Å². The molecule has 64 valence electrons. The molecular weight excluding hydrogens is 168 g/mol. The van der Waals surface area contributed by atoms with Gasteiger partial charge >= 0.3 is 5.97 Å². The van der Waals surface area contributed by atoms with E-state index in [9.17, 15) is 9.59 Å². The highest BCUT2D eigenvalue weighted by Gasteiger charge is 2.16. The minimum Gasteiger partial charge on any atom is -0.481 e. The van der Waals surface area contributed by atoms with Crippen LogP contribution in [-0.2, 0) is 9.59 Å². The van der Waals surface area contributed by atoms with E-state index in [4.69, 9.17) is 16.7 Å². The van der Waals surface area contributed by atoms with Gasteiger partial charge in [0.1, 0.15) is 5.78 Å². The minimum absolute atomic E-state index is 0.104. The molecule has 0 bridgehead atoms. The Balaban J connectivity index is 3.89. The Labute approximate surface area is 70.3 Å². The van der Waals surface area contributed by atoms with Crippen LogP contribution in [-0.4, -0.2) is 22.7 Å². The molecule has 4 heteroatoms. The van der Waals surface area contributed by atoms with Crippen molar-refractivity contribution >= 4 is 23.4 Å². The van der Waals surface area contributed by atoms with Crippen LogP contribution in [0.4, 0.5) is 0 Å². The number of hydrogen-bond acceptors (Lipinski definition) is 2. The molecule has 1 N–H and O–H groups in total. The van der Waals surface area contributed by atoms with Crippen molar-refractivity contribution in [3.8, 4) is 0 Å². The Morgan fingerprint density at radius 3 is 2.36 bits per heavy atom. The van der Waals surface area contributed by atoms with Crippen LogP contribution in [0.2, 0.25) is 0 Å². The third kappa shape index (κ3) is 4.79. The Morgan fingerprint density at radius 1 is 1.55 bits per heavy atom. The number of carbonyl (C=O) groups excluding carboxylic acids is 1. The second-order valence-corrected chi connectivity index (χ2v) is 2.76. The maximum atomic E-state index is 10.7. The smallest absolute Gasteiger partial charge is 0.304 e. The first kappa shape index (κ1) is 10.4. The van der Waals surface area contributed by atoms with E-state index in [0.29, 0.717) is 12.3 Å². The first-order chi connectivity index (χ1) is 5.07. The van der Waals surface area contributed by atoms with Crippen molar-refractivity contribution < 1.29 is 14.7 Å². The zero-order valence-corrected chi connectivity index (χ0v) is 7.10. The summed E-state index contributed by atoms with van der Waals surface area (Å²) in [5.74, 6) is -1.13. The molecule has 0 rings (SSSR count). The summed E-state index contributed by atoms with van der Waals surface area (Å²) in [7, 11) is 0. The average molecular weight is 179 g/mol.